The third-order valence-corrected chi connectivity index (χ3v) is 4.73. The molecule has 3 aromatic rings. The zero-order chi connectivity index (χ0) is 19.8. The summed E-state index contributed by atoms with van der Waals surface area (Å²) in [4.78, 5) is 23.2. The van der Waals surface area contributed by atoms with Gasteiger partial charge in [-0.25, -0.2) is 5.43 Å². The van der Waals surface area contributed by atoms with E-state index in [0.29, 0.717) is 29.3 Å². The van der Waals surface area contributed by atoms with Crippen molar-refractivity contribution in [3.8, 4) is 11.3 Å². The van der Waals surface area contributed by atoms with Gasteiger partial charge in [-0.05, 0) is 36.4 Å². The second-order valence-corrected chi connectivity index (χ2v) is 6.88. The van der Waals surface area contributed by atoms with E-state index < -0.39 is 4.92 Å². The molecule has 8 heteroatoms. The lowest BCUT2D eigenvalue weighted by Crippen LogP contribution is -2.17. The largest absolute Gasteiger partial charge is 0.455 e. The molecular weight excluding hydrogens is 378 g/mol. The van der Waals surface area contributed by atoms with Crippen LogP contribution in [-0.2, 0) is 4.79 Å². The Labute approximate surface area is 165 Å². The van der Waals surface area contributed by atoms with E-state index in [4.69, 9.17) is 4.42 Å². The molecule has 0 aliphatic rings. The number of carbonyl (C=O) groups excluding carboxylic acids is 1. The van der Waals surface area contributed by atoms with Crippen LogP contribution < -0.4 is 5.43 Å². The van der Waals surface area contributed by atoms with Crippen molar-refractivity contribution in [2.45, 2.75) is 11.3 Å². The van der Waals surface area contributed by atoms with Crippen molar-refractivity contribution in [1.82, 2.24) is 5.43 Å². The Balaban J connectivity index is 1.47. The highest BCUT2D eigenvalue weighted by atomic mass is 32.2. The molecule has 0 aliphatic heterocycles. The number of rotatable bonds is 8. The molecular formula is C20H17N3O4S. The quantitative estimate of drug-likeness (QED) is 0.262. The predicted octanol–water partition coefficient (Wildman–Crippen LogP) is 4.49. The molecule has 2 aromatic carbocycles. The van der Waals surface area contributed by atoms with E-state index in [0.717, 1.165) is 4.90 Å². The number of carbonyl (C=O) groups is 1. The molecule has 0 saturated carbocycles. The molecule has 28 heavy (non-hydrogen) atoms. The SMILES string of the molecule is O=C(CCSc1ccccc1)N/N=C/c1ccc(-c2ccc([N+](=O)[O-])cc2)o1. The van der Waals surface area contributed by atoms with Gasteiger partial charge in [-0.1, -0.05) is 18.2 Å². The van der Waals surface area contributed by atoms with Crippen LogP contribution in [0.4, 0.5) is 5.69 Å². The van der Waals surface area contributed by atoms with Gasteiger partial charge in [-0.15, -0.1) is 11.8 Å². The summed E-state index contributed by atoms with van der Waals surface area (Å²) >= 11 is 1.61. The number of nitrogens with zero attached hydrogens (tertiary/aromatic N) is 2. The van der Waals surface area contributed by atoms with Crippen LogP contribution in [0.2, 0.25) is 0 Å². The average Bonchev–Trinajstić information content (AvgIpc) is 3.18. The van der Waals surface area contributed by atoms with E-state index in [1.165, 1.54) is 18.3 Å². The Morgan fingerprint density at radius 2 is 1.86 bits per heavy atom. The summed E-state index contributed by atoms with van der Waals surface area (Å²) in [5, 5.41) is 14.6. The molecule has 1 amide bonds. The first kappa shape index (κ1) is 19.4. The normalized spacial score (nSPS) is 10.9. The number of hydrazone groups is 1. The summed E-state index contributed by atoms with van der Waals surface area (Å²) in [7, 11) is 0. The lowest BCUT2D eigenvalue weighted by Gasteiger charge is -2.00. The van der Waals surface area contributed by atoms with Gasteiger partial charge in [0.25, 0.3) is 5.69 Å². The second-order valence-electron chi connectivity index (χ2n) is 5.71. The van der Waals surface area contributed by atoms with E-state index in [-0.39, 0.29) is 11.6 Å². The number of thioether (sulfide) groups is 1. The Hall–Kier alpha value is -3.39. The fourth-order valence-electron chi connectivity index (χ4n) is 2.33. The van der Waals surface area contributed by atoms with Crippen LogP contribution in [0.1, 0.15) is 12.2 Å². The van der Waals surface area contributed by atoms with Crippen molar-refractivity contribution in [3.63, 3.8) is 0 Å². The number of hydrogen-bond acceptors (Lipinski definition) is 6. The Morgan fingerprint density at radius 3 is 2.57 bits per heavy atom. The lowest BCUT2D eigenvalue weighted by molar-refractivity contribution is -0.384. The van der Waals surface area contributed by atoms with Crippen molar-refractivity contribution in [3.05, 3.63) is 82.6 Å². The first-order chi connectivity index (χ1) is 13.6. The van der Waals surface area contributed by atoms with Crippen LogP contribution in [0.15, 0.2) is 81.1 Å². The molecule has 1 aromatic heterocycles. The number of amides is 1. The maximum Gasteiger partial charge on any atom is 0.269 e. The minimum atomic E-state index is -0.453. The number of nitrogens with one attached hydrogen (secondary N) is 1. The summed E-state index contributed by atoms with van der Waals surface area (Å²) in [6.45, 7) is 0. The highest BCUT2D eigenvalue weighted by Crippen LogP contribution is 2.24. The van der Waals surface area contributed by atoms with Crippen LogP contribution in [0.5, 0.6) is 0 Å². The van der Waals surface area contributed by atoms with Crippen molar-refractivity contribution >= 4 is 29.6 Å². The minimum absolute atomic E-state index is 0.0187. The van der Waals surface area contributed by atoms with Gasteiger partial charge in [-0.2, -0.15) is 5.10 Å². The Morgan fingerprint density at radius 1 is 1.11 bits per heavy atom. The maximum atomic E-state index is 11.8. The van der Waals surface area contributed by atoms with Gasteiger partial charge in [0.1, 0.15) is 11.5 Å². The van der Waals surface area contributed by atoms with Crippen molar-refractivity contribution < 1.29 is 14.1 Å². The van der Waals surface area contributed by atoms with Crippen LogP contribution >= 0.6 is 11.8 Å². The number of hydrogen-bond donors (Lipinski definition) is 1. The van der Waals surface area contributed by atoms with E-state index in [2.05, 4.69) is 10.5 Å². The molecule has 142 valence electrons. The van der Waals surface area contributed by atoms with Crippen LogP contribution in [-0.4, -0.2) is 22.8 Å². The first-order valence-corrected chi connectivity index (χ1v) is 9.45. The van der Waals surface area contributed by atoms with E-state index in [9.17, 15) is 14.9 Å². The third-order valence-electron chi connectivity index (χ3n) is 3.71. The van der Waals surface area contributed by atoms with E-state index >= 15 is 0 Å². The highest BCUT2D eigenvalue weighted by molar-refractivity contribution is 7.99. The van der Waals surface area contributed by atoms with Gasteiger partial charge in [0.15, 0.2) is 0 Å². The molecule has 0 bridgehead atoms. The number of benzene rings is 2. The van der Waals surface area contributed by atoms with E-state index in [1.54, 1.807) is 36.0 Å². The van der Waals surface area contributed by atoms with Gasteiger partial charge in [0, 0.05) is 34.8 Å². The van der Waals surface area contributed by atoms with Gasteiger partial charge >= 0.3 is 0 Å². The average molecular weight is 395 g/mol. The first-order valence-electron chi connectivity index (χ1n) is 8.46. The molecule has 0 saturated heterocycles. The maximum absolute atomic E-state index is 11.8. The van der Waals surface area contributed by atoms with Gasteiger partial charge in [-0.3, -0.25) is 14.9 Å². The zero-order valence-corrected chi connectivity index (χ0v) is 15.6. The molecule has 0 aliphatic carbocycles. The third kappa shape index (κ3) is 5.55. The number of non-ortho nitro benzene ring substituents is 1. The smallest absolute Gasteiger partial charge is 0.269 e. The minimum Gasteiger partial charge on any atom is -0.455 e. The van der Waals surface area contributed by atoms with Crippen LogP contribution in [0, 0.1) is 10.1 Å². The van der Waals surface area contributed by atoms with Gasteiger partial charge in [0.05, 0.1) is 11.1 Å². The Bertz CT molecular complexity index is 969. The molecule has 0 atom stereocenters. The molecule has 0 unspecified atom stereocenters. The summed E-state index contributed by atoms with van der Waals surface area (Å²) in [5.41, 5.74) is 3.20. The van der Waals surface area contributed by atoms with Crippen LogP contribution in [0.25, 0.3) is 11.3 Å². The standard InChI is InChI=1S/C20H17N3O4S/c24-20(12-13-28-18-4-2-1-3-5-18)22-21-14-17-10-11-19(27-17)15-6-8-16(9-7-15)23(25)26/h1-11,14H,12-13H2,(H,22,24)/b21-14+. The van der Waals surface area contributed by atoms with Crippen molar-refractivity contribution in [2.24, 2.45) is 5.10 Å². The van der Waals surface area contributed by atoms with Gasteiger partial charge < -0.3 is 4.42 Å². The zero-order valence-electron chi connectivity index (χ0n) is 14.8. The summed E-state index contributed by atoms with van der Waals surface area (Å²) in [6.07, 6.45) is 1.76. The summed E-state index contributed by atoms with van der Waals surface area (Å²) in [5.74, 6) is 1.51. The Kier molecular flexibility index (Phi) is 6.59. The number of nitro groups is 1. The summed E-state index contributed by atoms with van der Waals surface area (Å²) < 4.78 is 5.62. The second kappa shape index (κ2) is 9.52. The number of furan rings is 1. The topological polar surface area (TPSA) is 97.7 Å². The lowest BCUT2D eigenvalue weighted by atomic mass is 10.1. The molecule has 1 N–H and O–H groups in total. The fourth-order valence-corrected chi connectivity index (χ4v) is 3.20. The molecule has 1 heterocycles. The molecule has 7 nitrogen and oxygen atoms in total. The van der Waals surface area contributed by atoms with Crippen molar-refractivity contribution in [2.75, 3.05) is 5.75 Å². The highest BCUT2D eigenvalue weighted by Gasteiger charge is 2.08. The monoisotopic (exact) mass is 395 g/mol. The summed E-state index contributed by atoms with van der Waals surface area (Å²) in [6, 6.07) is 19.4. The molecule has 0 spiro atoms. The molecule has 3 rings (SSSR count). The van der Waals surface area contributed by atoms with E-state index in [1.807, 2.05) is 30.3 Å². The van der Waals surface area contributed by atoms with Gasteiger partial charge in [0.2, 0.25) is 5.91 Å². The van der Waals surface area contributed by atoms with Crippen molar-refractivity contribution in [1.29, 1.82) is 0 Å². The predicted molar refractivity (Wildman–Crippen MR) is 108 cm³/mol. The fraction of sp³-hybridized carbons (Fsp3) is 0.100. The van der Waals surface area contributed by atoms with Crippen LogP contribution in [0.3, 0.4) is 0 Å². The molecule has 0 radical (unpaired) electrons. The number of nitro benzene ring substituents is 1. The molecule has 0 fully saturated rings.